The van der Waals surface area contributed by atoms with Crippen molar-refractivity contribution >= 4 is 11.8 Å². The second-order valence-corrected chi connectivity index (χ2v) is 3.62. The third-order valence-electron chi connectivity index (χ3n) is 2.61. The molecule has 0 N–H and O–H groups in total. The Morgan fingerprint density at radius 3 is 3.24 bits per heavy atom. The Hall–Kier alpha value is -1.69. The maximum atomic E-state index is 13.6. The lowest BCUT2D eigenvalue weighted by Gasteiger charge is -2.34. The molecule has 92 valence electrons. The summed E-state index contributed by atoms with van der Waals surface area (Å²) < 4.78 is 23.5. The number of carbonyl (C=O) groups is 1. The van der Waals surface area contributed by atoms with Gasteiger partial charge in [-0.1, -0.05) is 0 Å². The standard InChI is InChI=1S/C11H13FN2O3/c1-16-11(15)9-7-17-6-5-14(9)10-8(12)3-2-4-13-10/h2-4,9H,5-7H2,1H3. The van der Waals surface area contributed by atoms with E-state index < -0.39 is 17.8 Å². The molecule has 1 aromatic rings. The molecule has 17 heavy (non-hydrogen) atoms. The van der Waals surface area contributed by atoms with Gasteiger partial charge in [0.25, 0.3) is 0 Å². The number of pyridine rings is 1. The Balaban J connectivity index is 2.28. The van der Waals surface area contributed by atoms with Gasteiger partial charge in [-0.15, -0.1) is 0 Å². The van der Waals surface area contributed by atoms with E-state index in [2.05, 4.69) is 9.72 Å². The zero-order valence-corrected chi connectivity index (χ0v) is 9.43. The summed E-state index contributed by atoms with van der Waals surface area (Å²) in [4.78, 5) is 17.1. The van der Waals surface area contributed by atoms with Gasteiger partial charge in [0, 0.05) is 12.7 Å². The average Bonchev–Trinajstić information content (AvgIpc) is 2.38. The number of hydrogen-bond donors (Lipinski definition) is 0. The molecule has 0 saturated carbocycles. The topological polar surface area (TPSA) is 51.7 Å². The number of rotatable bonds is 2. The minimum absolute atomic E-state index is 0.159. The lowest BCUT2D eigenvalue weighted by molar-refractivity contribution is -0.144. The molecule has 0 amide bonds. The summed E-state index contributed by atoms with van der Waals surface area (Å²) in [6.07, 6.45) is 1.49. The molecular formula is C11H13FN2O3. The first-order valence-electron chi connectivity index (χ1n) is 5.26. The summed E-state index contributed by atoms with van der Waals surface area (Å²) in [5, 5.41) is 0. The van der Waals surface area contributed by atoms with Crippen LogP contribution in [-0.4, -0.2) is 43.9 Å². The summed E-state index contributed by atoms with van der Waals surface area (Å²) >= 11 is 0. The van der Waals surface area contributed by atoms with Gasteiger partial charge in [-0.05, 0) is 12.1 Å². The Morgan fingerprint density at radius 1 is 1.71 bits per heavy atom. The van der Waals surface area contributed by atoms with E-state index in [1.165, 1.54) is 25.4 Å². The van der Waals surface area contributed by atoms with E-state index in [0.717, 1.165) is 0 Å². The maximum Gasteiger partial charge on any atom is 0.330 e. The number of hydrogen-bond acceptors (Lipinski definition) is 5. The van der Waals surface area contributed by atoms with Gasteiger partial charge in [0.2, 0.25) is 0 Å². The van der Waals surface area contributed by atoms with Crippen LogP contribution in [0.1, 0.15) is 0 Å². The van der Waals surface area contributed by atoms with E-state index in [4.69, 9.17) is 4.74 Å². The van der Waals surface area contributed by atoms with Crippen molar-refractivity contribution in [1.82, 2.24) is 4.98 Å². The van der Waals surface area contributed by atoms with Crippen LogP contribution in [0.3, 0.4) is 0 Å². The molecule has 1 aromatic heterocycles. The second kappa shape index (κ2) is 5.09. The number of morpholine rings is 1. The molecule has 0 bridgehead atoms. The van der Waals surface area contributed by atoms with Gasteiger partial charge in [-0.25, -0.2) is 14.2 Å². The first kappa shape index (κ1) is 11.8. The number of ether oxygens (including phenoxy) is 2. The van der Waals surface area contributed by atoms with Crippen molar-refractivity contribution in [3.63, 3.8) is 0 Å². The predicted octanol–water partition coefficient (Wildman–Crippen LogP) is 0.599. The monoisotopic (exact) mass is 240 g/mol. The minimum Gasteiger partial charge on any atom is -0.467 e. The number of anilines is 1. The van der Waals surface area contributed by atoms with Crippen molar-refractivity contribution in [1.29, 1.82) is 0 Å². The Kier molecular flexibility index (Phi) is 3.53. The molecule has 1 unspecified atom stereocenters. The number of halogens is 1. The van der Waals surface area contributed by atoms with Crippen LogP contribution in [0.15, 0.2) is 18.3 Å². The number of aromatic nitrogens is 1. The molecule has 2 heterocycles. The molecule has 2 rings (SSSR count). The molecule has 1 atom stereocenters. The normalized spacial score (nSPS) is 20.1. The lowest BCUT2D eigenvalue weighted by Crippen LogP contribution is -2.51. The predicted molar refractivity (Wildman–Crippen MR) is 58.2 cm³/mol. The highest BCUT2D eigenvalue weighted by atomic mass is 19.1. The molecule has 5 nitrogen and oxygen atoms in total. The zero-order valence-electron chi connectivity index (χ0n) is 9.43. The van der Waals surface area contributed by atoms with Crippen LogP contribution in [0, 0.1) is 5.82 Å². The molecule has 0 aliphatic carbocycles. The summed E-state index contributed by atoms with van der Waals surface area (Å²) in [5.41, 5.74) is 0. The fourth-order valence-corrected chi connectivity index (χ4v) is 1.78. The van der Waals surface area contributed by atoms with Gasteiger partial charge >= 0.3 is 5.97 Å². The molecule has 0 spiro atoms. The molecule has 0 radical (unpaired) electrons. The highest BCUT2D eigenvalue weighted by molar-refractivity contribution is 5.80. The van der Waals surface area contributed by atoms with Crippen molar-refractivity contribution < 1.29 is 18.7 Å². The number of methoxy groups -OCH3 is 1. The zero-order chi connectivity index (χ0) is 12.3. The van der Waals surface area contributed by atoms with E-state index in [9.17, 15) is 9.18 Å². The Labute approximate surface area is 98.1 Å². The van der Waals surface area contributed by atoms with E-state index >= 15 is 0 Å². The third-order valence-corrected chi connectivity index (χ3v) is 2.61. The Bertz CT molecular complexity index is 413. The van der Waals surface area contributed by atoms with Gasteiger partial charge in [0.15, 0.2) is 17.7 Å². The minimum atomic E-state index is -0.641. The maximum absolute atomic E-state index is 13.6. The highest BCUT2D eigenvalue weighted by Crippen LogP contribution is 2.20. The van der Waals surface area contributed by atoms with Crippen molar-refractivity contribution in [3.8, 4) is 0 Å². The van der Waals surface area contributed by atoms with E-state index in [1.807, 2.05) is 0 Å². The Morgan fingerprint density at radius 2 is 2.53 bits per heavy atom. The summed E-state index contributed by atoms with van der Waals surface area (Å²) in [5.74, 6) is -0.746. The third kappa shape index (κ3) is 2.36. The number of esters is 1. The van der Waals surface area contributed by atoms with Crippen molar-refractivity contribution in [2.45, 2.75) is 6.04 Å². The van der Waals surface area contributed by atoms with Crippen LogP contribution in [0.5, 0.6) is 0 Å². The molecule has 1 saturated heterocycles. The van der Waals surface area contributed by atoms with Crippen LogP contribution in [0.25, 0.3) is 0 Å². The van der Waals surface area contributed by atoms with Gasteiger partial charge in [-0.3, -0.25) is 0 Å². The molecular weight excluding hydrogens is 227 g/mol. The molecule has 0 aromatic carbocycles. The van der Waals surface area contributed by atoms with Crippen LogP contribution in [0.2, 0.25) is 0 Å². The summed E-state index contributed by atoms with van der Waals surface area (Å²) in [6, 6.07) is 2.18. The van der Waals surface area contributed by atoms with Crippen LogP contribution < -0.4 is 4.90 Å². The highest BCUT2D eigenvalue weighted by Gasteiger charge is 2.32. The molecule has 1 fully saturated rings. The first-order valence-corrected chi connectivity index (χ1v) is 5.26. The van der Waals surface area contributed by atoms with Gasteiger partial charge < -0.3 is 14.4 Å². The quantitative estimate of drug-likeness (QED) is 0.708. The van der Waals surface area contributed by atoms with Gasteiger partial charge in [0.1, 0.15) is 0 Å². The van der Waals surface area contributed by atoms with Crippen molar-refractivity contribution in [2.24, 2.45) is 0 Å². The smallest absolute Gasteiger partial charge is 0.330 e. The SMILES string of the molecule is COC(=O)C1COCCN1c1ncccc1F. The van der Waals surface area contributed by atoms with E-state index in [0.29, 0.717) is 13.2 Å². The largest absolute Gasteiger partial charge is 0.467 e. The van der Waals surface area contributed by atoms with E-state index in [1.54, 1.807) is 4.90 Å². The lowest BCUT2D eigenvalue weighted by atomic mass is 10.2. The van der Waals surface area contributed by atoms with Gasteiger partial charge in [0.05, 0.1) is 20.3 Å². The van der Waals surface area contributed by atoms with Crippen molar-refractivity contribution in [2.75, 3.05) is 31.8 Å². The fraction of sp³-hybridized carbons (Fsp3) is 0.455. The van der Waals surface area contributed by atoms with E-state index in [-0.39, 0.29) is 12.4 Å². The van der Waals surface area contributed by atoms with Crippen molar-refractivity contribution in [3.05, 3.63) is 24.1 Å². The molecule has 1 aliphatic heterocycles. The van der Waals surface area contributed by atoms with Crippen LogP contribution >= 0.6 is 0 Å². The first-order chi connectivity index (χ1) is 8.24. The van der Waals surface area contributed by atoms with Crippen LogP contribution in [-0.2, 0) is 14.3 Å². The fourth-order valence-electron chi connectivity index (χ4n) is 1.78. The second-order valence-electron chi connectivity index (χ2n) is 3.62. The summed E-state index contributed by atoms with van der Waals surface area (Å²) in [7, 11) is 1.30. The molecule has 1 aliphatic rings. The number of nitrogens with zero attached hydrogens (tertiary/aromatic N) is 2. The molecule has 6 heteroatoms. The summed E-state index contributed by atoms with van der Waals surface area (Å²) in [6.45, 7) is 1.03. The number of carbonyl (C=O) groups excluding carboxylic acids is 1. The average molecular weight is 240 g/mol. The van der Waals surface area contributed by atoms with Gasteiger partial charge in [-0.2, -0.15) is 0 Å². The van der Waals surface area contributed by atoms with Crippen LogP contribution in [0.4, 0.5) is 10.2 Å².